The lowest BCUT2D eigenvalue weighted by Crippen LogP contribution is -2.03. The van der Waals surface area contributed by atoms with Crippen molar-refractivity contribution in [2.75, 3.05) is 12.8 Å². The van der Waals surface area contributed by atoms with Crippen molar-refractivity contribution in [1.82, 2.24) is 4.98 Å². The molecule has 0 saturated carbocycles. The number of aromatic nitrogens is 1. The third-order valence-electron chi connectivity index (χ3n) is 4.04. The Bertz CT molecular complexity index is 975. The van der Waals surface area contributed by atoms with Gasteiger partial charge in [0.2, 0.25) is 0 Å². The van der Waals surface area contributed by atoms with E-state index >= 15 is 0 Å². The topological polar surface area (TPSA) is 71.9 Å². The van der Waals surface area contributed by atoms with Crippen molar-refractivity contribution in [2.24, 2.45) is 0 Å². The summed E-state index contributed by atoms with van der Waals surface area (Å²) in [6.07, 6.45) is 0. The Hall–Kier alpha value is -3.03. The van der Waals surface area contributed by atoms with Crippen LogP contribution >= 0.6 is 11.6 Å². The number of nitrogens with two attached hydrogens (primary N) is 1. The zero-order valence-corrected chi connectivity index (χ0v) is 14.6. The number of benzene rings is 2. The number of rotatable bonds is 3. The summed E-state index contributed by atoms with van der Waals surface area (Å²) >= 11 is 6.41. The number of ether oxygens (including phenoxy) is 1. The number of hydrogen-bond donors (Lipinski definition) is 1. The van der Waals surface area contributed by atoms with Gasteiger partial charge in [-0.2, -0.15) is 5.26 Å². The molecule has 2 aromatic carbocycles. The molecule has 0 fully saturated rings. The molecule has 0 atom stereocenters. The summed E-state index contributed by atoms with van der Waals surface area (Å²) in [6.45, 7) is 1.87. The minimum atomic E-state index is 0.201. The van der Waals surface area contributed by atoms with Gasteiger partial charge in [-0.3, -0.25) is 0 Å². The summed E-state index contributed by atoms with van der Waals surface area (Å²) < 4.78 is 5.22. The Morgan fingerprint density at radius 3 is 2.36 bits per heavy atom. The molecule has 1 heterocycles. The molecule has 1 aromatic heterocycles. The summed E-state index contributed by atoms with van der Waals surface area (Å²) in [5, 5.41) is 10.2. The average molecular weight is 350 g/mol. The van der Waals surface area contributed by atoms with Crippen molar-refractivity contribution in [3.8, 4) is 34.1 Å². The van der Waals surface area contributed by atoms with Gasteiger partial charge in [0.1, 0.15) is 23.2 Å². The second kappa shape index (κ2) is 6.84. The van der Waals surface area contributed by atoms with Gasteiger partial charge in [-0.25, -0.2) is 4.98 Å². The van der Waals surface area contributed by atoms with Crippen LogP contribution in [0.1, 0.15) is 11.3 Å². The number of methoxy groups -OCH3 is 1. The van der Waals surface area contributed by atoms with Crippen LogP contribution < -0.4 is 10.5 Å². The predicted molar refractivity (Wildman–Crippen MR) is 101 cm³/mol. The Morgan fingerprint density at radius 2 is 1.76 bits per heavy atom. The Kier molecular flexibility index (Phi) is 4.60. The molecule has 0 amide bonds. The van der Waals surface area contributed by atoms with Crippen molar-refractivity contribution in [3.05, 3.63) is 64.8 Å². The van der Waals surface area contributed by atoms with Gasteiger partial charge in [0, 0.05) is 27.4 Å². The van der Waals surface area contributed by atoms with Crippen molar-refractivity contribution in [2.45, 2.75) is 6.92 Å². The van der Waals surface area contributed by atoms with Crippen molar-refractivity contribution >= 4 is 17.4 Å². The van der Waals surface area contributed by atoms with Gasteiger partial charge in [-0.1, -0.05) is 41.9 Å². The molecule has 25 heavy (non-hydrogen) atoms. The van der Waals surface area contributed by atoms with E-state index in [1.165, 1.54) is 0 Å². The first-order valence-corrected chi connectivity index (χ1v) is 8.04. The molecule has 0 saturated heterocycles. The molecule has 0 aliphatic rings. The van der Waals surface area contributed by atoms with Crippen LogP contribution in [0.25, 0.3) is 22.3 Å². The Balaban J connectivity index is 2.38. The van der Waals surface area contributed by atoms with E-state index in [1.54, 1.807) is 13.2 Å². The van der Waals surface area contributed by atoms with E-state index in [1.807, 2.05) is 49.4 Å². The fourth-order valence-corrected chi connectivity index (χ4v) is 3.11. The van der Waals surface area contributed by atoms with Crippen LogP contribution in [0, 0.1) is 18.3 Å². The number of aryl methyl sites for hydroxylation is 1. The highest BCUT2D eigenvalue weighted by Crippen LogP contribution is 2.41. The molecule has 0 radical (unpaired) electrons. The monoisotopic (exact) mass is 349 g/mol. The van der Waals surface area contributed by atoms with Crippen molar-refractivity contribution in [3.63, 3.8) is 0 Å². The molecule has 4 nitrogen and oxygen atoms in total. The number of nitrogen functional groups attached to an aromatic ring is 1. The Morgan fingerprint density at radius 1 is 1.08 bits per heavy atom. The molecule has 0 spiro atoms. The number of anilines is 1. The number of nitrogens with zero attached hydrogens (tertiary/aromatic N) is 2. The molecule has 5 heteroatoms. The molecule has 3 aromatic rings. The first-order chi connectivity index (χ1) is 12.1. The highest BCUT2D eigenvalue weighted by atomic mass is 35.5. The van der Waals surface area contributed by atoms with E-state index in [0.29, 0.717) is 16.1 Å². The first kappa shape index (κ1) is 16.8. The zero-order chi connectivity index (χ0) is 18.0. The van der Waals surface area contributed by atoms with E-state index in [-0.39, 0.29) is 5.82 Å². The number of hydrogen-bond acceptors (Lipinski definition) is 4. The minimum absolute atomic E-state index is 0.201. The van der Waals surface area contributed by atoms with Crippen LogP contribution in [-0.4, -0.2) is 12.1 Å². The first-order valence-electron chi connectivity index (χ1n) is 7.66. The smallest absolute Gasteiger partial charge is 0.142 e. The van der Waals surface area contributed by atoms with E-state index in [2.05, 4.69) is 11.1 Å². The lowest BCUT2D eigenvalue weighted by atomic mass is 9.90. The lowest BCUT2D eigenvalue weighted by molar-refractivity contribution is 0.415. The van der Waals surface area contributed by atoms with Gasteiger partial charge in [-0.05, 0) is 30.7 Å². The lowest BCUT2D eigenvalue weighted by Gasteiger charge is -2.17. The molecule has 0 aliphatic heterocycles. The molecule has 0 unspecified atom stereocenters. The maximum atomic E-state index is 9.66. The van der Waals surface area contributed by atoms with Crippen LogP contribution in [0.15, 0.2) is 48.5 Å². The van der Waals surface area contributed by atoms with Gasteiger partial charge in [-0.15, -0.1) is 0 Å². The van der Waals surface area contributed by atoms with Crippen LogP contribution in [0.5, 0.6) is 5.75 Å². The highest BCUT2D eigenvalue weighted by Gasteiger charge is 2.21. The van der Waals surface area contributed by atoms with E-state index in [0.717, 1.165) is 28.1 Å². The fraction of sp³-hybridized carbons (Fsp3) is 0.100. The summed E-state index contributed by atoms with van der Waals surface area (Å²) in [5.41, 5.74) is 10.3. The van der Waals surface area contributed by atoms with Gasteiger partial charge in [0.05, 0.1) is 7.11 Å². The maximum Gasteiger partial charge on any atom is 0.142 e. The standard InChI is InChI=1S/C20H16ClN3O/c1-12-18(13-7-9-14(25-2)10-8-13)19(16(11-22)20(23)24-12)15-5-3-4-6-17(15)21/h3-10H,1-2H3,(H2,23,24). The molecule has 2 N–H and O–H groups in total. The predicted octanol–water partition coefficient (Wildman–Crippen LogP) is 4.84. The summed E-state index contributed by atoms with van der Waals surface area (Å²) in [4.78, 5) is 4.36. The molecule has 3 rings (SSSR count). The number of halogens is 1. The summed E-state index contributed by atoms with van der Waals surface area (Å²) in [7, 11) is 1.62. The molecule has 0 bridgehead atoms. The van der Waals surface area contributed by atoms with Crippen LogP contribution in [0.3, 0.4) is 0 Å². The SMILES string of the molecule is COc1ccc(-c2c(C)nc(N)c(C#N)c2-c2ccccc2Cl)cc1. The highest BCUT2D eigenvalue weighted by molar-refractivity contribution is 6.33. The zero-order valence-electron chi connectivity index (χ0n) is 13.9. The molecule has 124 valence electrons. The molecular weight excluding hydrogens is 334 g/mol. The molecule has 0 aliphatic carbocycles. The van der Waals surface area contributed by atoms with Gasteiger partial charge in [0.15, 0.2) is 0 Å². The van der Waals surface area contributed by atoms with Crippen LogP contribution in [0.4, 0.5) is 5.82 Å². The third-order valence-corrected chi connectivity index (χ3v) is 4.37. The number of nitriles is 1. The minimum Gasteiger partial charge on any atom is -0.497 e. The fourth-order valence-electron chi connectivity index (χ4n) is 2.88. The Labute approximate surface area is 151 Å². The second-order valence-electron chi connectivity index (χ2n) is 5.53. The van der Waals surface area contributed by atoms with Crippen molar-refractivity contribution < 1.29 is 4.74 Å². The maximum absolute atomic E-state index is 9.66. The number of pyridine rings is 1. The third kappa shape index (κ3) is 3.02. The summed E-state index contributed by atoms with van der Waals surface area (Å²) in [5.74, 6) is 0.955. The van der Waals surface area contributed by atoms with Gasteiger partial charge in [0.25, 0.3) is 0 Å². The van der Waals surface area contributed by atoms with E-state index in [4.69, 9.17) is 22.1 Å². The van der Waals surface area contributed by atoms with Crippen molar-refractivity contribution in [1.29, 1.82) is 5.26 Å². The van der Waals surface area contributed by atoms with E-state index in [9.17, 15) is 5.26 Å². The largest absolute Gasteiger partial charge is 0.497 e. The molecular formula is C20H16ClN3O. The normalized spacial score (nSPS) is 10.3. The van der Waals surface area contributed by atoms with Crippen LogP contribution in [0.2, 0.25) is 5.02 Å². The second-order valence-corrected chi connectivity index (χ2v) is 5.93. The van der Waals surface area contributed by atoms with Gasteiger partial charge >= 0.3 is 0 Å². The van der Waals surface area contributed by atoms with Gasteiger partial charge < -0.3 is 10.5 Å². The average Bonchev–Trinajstić information content (AvgIpc) is 2.62. The quantitative estimate of drug-likeness (QED) is 0.734. The van der Waals surface area contributed by atoms with Crippen LogP contribution in [-0.2, 0) is 0 Å². The summed E-state index contributed by atoms with van der Waals surface area (Å²) in [6, 6.07) is 17.2. The van der Waals surface area contributed by atoms with E-state index < -0.39 is 0 Å².